The molecule has 0 atom stereocenters. The summed E-state index contributed by atoms with van der Waals surface area (Å²) < 4.78 is 4.53. The third-order valence-electron chi connectivity index (χ3n) is 2.37. The minimum absolute atomic E-state index is 0.000159. The predicted octanol–water partition coefficient (Wildman–Crippen LogP) is 1.37. The fourth-order valence-electron chi connectivity index (χ4n) is 1.42. The number of rotatable bonds is 5. The Kier molecular flexibility index (Phi) is 5.23. The lowest BCUT2D eigenvalue weighted by Gasteiger charge is -2.02. The van der Waals surface area contributed by atoms with E-state index in [9.17, 15) is 19.7 Å². The summed E-state index contributed by atoms with van der Waals surface area (Å²) in [6, 6.07) is 0.859. The summed E-state index contributed by atoms with van der Waals surface area (Å²) in [6.45, 7) is 2.78. The van der Waals surface area contributed by atoms with E-state index in [1.165, 1.54) is 13.8 Å². The van der Waals surface area contributed by atoms with Gasteiger partial charge in [-0.1, -0.05) is 11.6 Å². The van der Waals surface area contributed by atoms with Gasteiger partial charge in [0, 0.05) is 6.07 Å². The lowest BCUT2D eigenvalue weighted by atomic mass is 10.1. The molecule has 1 aromatic rings. The number of aromatic nitrogens is 1. The molecule has 0 spiro atoms. The lowest BCUT2D eigenvalue weighted by Crippen LogP contribution is -2.28. The monoisotopic (exact) mass is 312 g/mol. The van der Waals surface area contributed by atoms with E-state index < -0.39 is 33.6 Å². The number of aryl methyl sites for hydroxylation is 1. The second-order valence-electron chi connectivity index (χ2n) is 3.69. The van der Waals surface area contributed by atoms with E-state index in [1.54, 1.807) is 0 Å². The van der Waals surface area contributed by atoms with Crippen molar-refractivity contribution in [1.82, 2.24) is 4.98 Å². The Bertz CT molecular complexity index is 681. The van der Waals surface area contributed by atoms with Crippen LogP contribution in [0.5, 0.6) is 0 Å². The van der Waals surface area contributed by atoms with E-state index in [-0.39, 0.29) is 17.5 Å². The maximum atomic E-state index is 12.1. The molecule has 0 bridgehead atoms. The number of nitrogens with zero attached hydrogens (tertiary/aromatic N) is 4. The summed E-state index contributed by atoms with van der Waals surface area (Å²) in [5.41, 5.74) is 6.91. The standard InChI is InChI=1S/C11H9ClN4O5/c1-3-21-11(18)8(15-13)9(17)6-4-7(16(19)20)5(2)14-10(6)12/h4H,3H2,1-2H3. The number of halogens is 1. The highest BCUT2D eigenvalue weighted by Gasteiger charge is 2.35. The van der Waals surface area contributed by atoms with Gasteiger partial charge in [-0.05, 0) is 13.8 Å². The molecule has 1 heterocycles. The molecule has 0 radical (unpaired) electrons. The number of ketones is 1. The fraction of sp³-hybridized carbons (Fsp3) is 0.273. The van der Waals surface area contributed by atoms with Crippen molar-refractivity contribution in [3.05, 3.63) is 38.1 Å². The molecule has 0 aliphatic rings. The molecule has 1 aromatic heterocycles. The smallest absolute Gasteiger partial charge is 0.446 e. The molecule has 110 valence electrons. The molecule has 0 fully saturated rings. The summed E-state index contributed by atoms with van der Waals surface area (Å²) in [4.78, 5) is 39.8. The van der Waals surface area contributed by atoms with Gasteiger partial charge in [0.05, 0.1) is 17.1 Å². The fourth-order valence-corrected chi connectivity index (χ4v) is 1.68. The van der Waals surface area contributed by atoms with Crippen LogP contribution in [-0.4, -0.2) is 38.8 Å². The average Bonchev–Trinajstić information content (AvgIpc) is 2.39. The van der Waals surface area contributed by atoms with Crippen LogP contribution in [0.25, 0.3) is 5.53 Å². The van der Waals surface area contributed by atoms with Gasteiger partial charge < -0.3 is 10.3 Å². The second-order valence-corrected chi connectivity index (χ2v) is 4.04. The normalized spacial score (nSPS) is 9.67. The van der Waals surface area contributed by atoms with Gasteiger partial charge in [0.1, 0.15) is 10.8 Å². The Hall–Kier alpha value is -2.64. The number of esters is 1. The summed E-state index contributed by atoms with van der Waals surface area (Å²) in [5, 5.41) is 10.5. The van der Waals surface area contributed by atoms with Crippen LogP contribution >= 0.6 is 11.6 Å². The van der Waals surface area contributed by atoms with E-state index >= 15 is 0 Å². The number of carbonyl (C=O) groups is 2. The van der Waals surface area contributed by atoms with Crippen LogP contribution in [0.4, 0.5) is 5.69 Å². The Morgan fingerprint density at radius 1 is 1.57 bits per heavy atom. The molecule has 0 saturated carbocycles. The van der Waals surface area contributed by atoms with Crippen molar-refractivity contribution in [2.24, 2.45) is 0 Å². The molecule has 0 amide bonds. The number of ether oxygens (including phenoxy) is 1. The second kappa shape index (κ2) is 6.69. The SMILES string of the molecule is CCOC(=O)C(=[N+]=[N-])C(=O)c1cc([N+](=O)[O-])c(C)nc1Cl. The molecule has 21 heavy (non-hydrogen) atoms. The van der Waals surface area contributed by atoms with E-state index in [0.29, 0.717) is 0 Å². The topological polar surface area (TPSA) is 136 Å². The summed E-state index contributed by atoms with van der Waals surface area (Å²) in [7, 11) is 0. The summed E-state index contributed by atoms with van der Waals surface area (Å²) in [5.74, 6) is -2.30. The minimum atomic E-state index is -1.18. The third kappa shape index (κ3) is 3.47. The quantitative estimate of drug-likeness (QED) is 0.0926. The molecule has 10 heteroatoms. The van der Waals surface area contributed by atoms with Gasteiger partial charge in [-0.25, -0.2) is 9.78 Å². The van der Waals surface area contributed by atoms with E-state index in [2.05, 4.69) is 14.5 Å². The Morgan fingerprint density at radius 2 is 2.19 bits per heavy atom. The zero-order valence-corrected chi connectivity index (χ0v) is 11.7. The van der Waals surface area contributed by atoms with Crippen LogP contribution in [0.1, 0.15) is 23.0 Å². The molecule has 1 rings (SSSR count). The van der Waals surface area contributed by atoms with Gasteiger partial charge in [0.25, 0.3) is 11.5 Å². The lowest BCUT2D eigenvalue weighted by molar-refractivity contribution is -0.385. The number of carbonyl (C=O) groups excluding carboxylic acids is 2. The number of hydrogen-bond acceptors (Lipinski definition) is 6. The van der Waals surface area contributed by atoms with Gasteiger partial charge >= 0.3 is 11.7 Å². The molecule has 9 nitrogen and oxygen atoms in total. The molecule has 0 unspecified atom stereocenters. The number of Topliss-reactive ketones (excluding diaryl/α,β-unsaturated/α-hetero) is 1. The molecular formula is C11H9ClN4O5. The van der Waals surface area contributed by atoms with Crippen molar-refractivity contribution in [3.8, 4) is 0 Å². The summed E-state index contributed by atoms with van der Waals surface area (Å²) >= 11 is 5.74. The summed E-state index contributed by atoms with van der Waals surface area (Å²) in [6.07, 6.45) is 0. The predicted molar refractivity (Wildman–Crippen MR) is 70.2 cm³/mol. The van der Waals surface area contributed by atoms with Crippen LogP contribution in [0.2, 0.25) is 5.15 Å². The molecule has 0 N–H and O–H groups in total. The van der Waals surface area contributed by atoms with Gasteiger partial charge in [-0.2, -0.15) is 4.79 Å². The van der Waals surface area contributed by atoms with E-state index in [1.807, 2.05) is 0 Å². The van der Waals surface area contributed by atoms with E-state index in [0.717, 1.165) is 6.07 Å². The van der Waals surface area contributed by atoms with Gasteiger partial charge in [0.2, 0.25) is 0 Å². The van der Waals surface area contributed by atoms with Gasteiger partial charge in [-0.15, -0.1) is 0 Å². The highest BCUT2D eigenvalue weighted by atomic mass is 35.5. The van der Waals surface area contributed by atoms with Crippen LogP contribution in [0.15, 0.2) is 6.07 Å². The first-order valence-electron chi connectivity index (χ1n) is 5.58. The first-order chi connectivity index (χ1) is 9.83. The zero-order chi connectivity index (χ0) is 16.2. The number of hydrogen-bond donors (Lipinski definition) is 0. The zero-order valence-electron chi connectivity index (χ0n) is 11.0. The molecule has 0 saturated heterocycles. The minimum Gasteiger partial charge on any atom is -0.457 e. The third-order valence-corrected chi connectivity index (χ3v) is 2.65. The highest BCUT2D eigenvalue weighted by Crippen LogP contribution is 2.23. The Balaban J connectivity index is 3.36. The van der Waals surface area contributed by atoms with Crippen molar-refractivity contribution >= 4 is 34.8 Å². The van der Waals surface area contributed by atoms with Crippen molar-refractivity contribution < 1.29 is 24.0 Å². The van der Waals surface area contributed by atoms with Crippen molar-refractivity contribution in [2.45, 2.75) is 13.8 Å². The van der Waals surface area contributed by atoms with Gasteiger partial charge in [-0.3, -0.25) is 14.9 Å². The van der Waals surface area contributed by atoms with Crippen LogP contribution in [-0.2, 0) is 9.53 Å². The maximum absolute atomic E-state index is 12.1. The Morgan fingerprint density at radius 3 is 2.67 bits per heavy atom. The first kappa shape index (κ1) is 16.4. The van der Waals surface area contributed by atoms with Crippen LogP contribution in [0.3, 0.4) is 0 Å². The largest absolute Gasteiger partial charge is 0.457 e. The van der Waals surface area contributed by atoms with Gasteiger partial charge in [0.15, 0.2) is 0 Å². The highest BCUT2D eigenvalue weighted by molar-refractivity contribution is 6.66. The van der Waals surface area contributed by atoms with Crippen molar-refractivity contribution in [3.63, 3.8) is 0 Å². The molecular weight excluding hydrogens is 304 g/mol. The van der Waals surface area contributed by atoms with Crippen LogP contribution < -0.4 is 0 Å². The molecule has 0 aliphatic carbocycles. The Labute approximate surface area is 123 Å². The van der Waals surface area contributed by atoms with Crippen LogP contribution in [0, 0.1) is 17.0 Å². The molecule has 0 aliphatic heterocycles. The average molecular weight is 313 g/mol. The van der Waals surface area contributed by atoms with Crippen molar-refractivity contribution in [1.29, 1.82) is 0 Å². The van der Waals surface area contributed by atoms with Crippen molar-refractivity contribution in [2.75, 3.05) is 6.61 Å². The molecule has 0 aromatic carbocycles. The number of nitro groups is 1. The first-order valence-corrected chi connectivity index (χ1v) is 5.96. The number of pyridine rings is 1. The maximum Gasteiger partial charge on any atom is 0.446 e. The van der Waals surface area contributed by atoms with E-state index in [4.69, 9.17) is 17.1 Å².